The van der Waals surface area contributed by atoms with E-state index in [2.05, 4.69) is 23.0 Å². The summed E-state index contributed by atoms with van der Waals surface area (Å²) in [4.78, 5) is 23.2. The van der Waals surface area contributed by atoms with Crippen LogP contribution >= 0.6 is 11.3 Å². The van der Waals surface area contributed by atoms with Crippen LogP contribution in [0.1, 0.15) is 16.8 Å². The molecule has 0 unspecified atom stereocenters. The number of anilines is 1. The van der Waals surface area contributed by atoms with Gasteiger partial charge in [0, 0.05) is 24.3 Å². The van der Waals surface area contributed by atoms with Crippen molar-refractivity contribution in [1.29, 1.82) is 0 Å². The summed E-state index contributed by atoms with van der Waals surface area (Å²) in [5.74, 6) is 0.0292. The highest BCUT2D eigenvalue weighted by Gasteiger charge is 2.16. The third-order valence-corrected chi connectivity index (χ3v) is 4.99. The van der Waals surface area contributed by atoms with E-state index in [9.17, 15) is 4.79 Å². The van der Waals surface area contributed by atoms with Crippen molar-refractivity contribution in [3.05, 3.63) is 64.8 Å². The lowest BCUT2D eigenvalue weighted by molar-refractivity contribution is -0.117. The van der Waals surface area contributed by atoms with Crippen LogP contribution in [0.5, 0.6) is 0 Å². The van der Waals surface area contributed by atoms with Crippen LogP contribution in [0.2, 0.25) is 0 Å². The largest absolute Gasteiger partial charge is 0.315 e. The lowest BCUT2D eigenvalue weighted by Gasteiger charge is -2.20. The molecule has 122 valence electrons. The fourth-order valence-electron chi connectivity index (χ4n) is 2.50. The summed E-state index contributed by atoms with van der Waals surface area (Å²) in [6, 6.07) is 11.7. The van der Waals surface area contributed by atoms with Crippen molar-refractivity contribution in [1.82, 2.24) is 9.97 Å². The number of benzene rings is 1. The van der Waals surface area contributed by atoms with E-state index in [-0.39, 0.29) is 12.3 Å². The fraction of sp³-hybridized carbons (Fsp3) is 0.211. The Morgan fingerprint density at radius 3 is 2.75 bits per heavy atom. The van der Waals surface area contributed by atoms with Gasteiger partial charge in [0.05, 0.1) is 17.8 Å². The van der Waals surface area contributed by atoms with Crippen molar-refractivity contribution in [2.75, 3.05) is 11.9 Å². The Morgan fingerprint density at radius 2 is 2.00 bits per heavy atom. The number of likely N-dealkylation sites (N-methyl/N-ethyl adjacent to an activating group) is 1. The summed E-state index contributed by atoms with van der Waals surface area (Å²) in [6.45, 7) is 4.09. The van der Waals surface area contributed by atoms with E-state index in [0.717, 1.165) is 27.6 Å². The van der Waals surface area contributed by atoms with E-state index in [4.69, 9.17) is 0 Å². The van der Waals surface area contributed by atoms with Crippen LogP contribution in [0.4, 0.5) is 5.69 Å². The summed E-state index contributed by atoms with van der Waals surface area (Å²) >= 11 is 1.51. The topological polar surface area (TPSA) is 46.1 Å². The minimum absolute atomic E-state index is 0.0292. The first kappa shape index (κ1) is 16.3. The van der Waals surface area contributed by atoms with Gasteiger partial charge in [-0.1, -0.05) is 18.2 Å². The summed E-state index contributed by atoms with van der Waals surface area (Å²) < 4.78 is 0. The number of hydrogen-bond acceptors (Lipinski definition) is 4. The lowest BCUT2D eigenvalue weighted by Crippen LogP contribution is -2.28. The van der Waals surface area contributed by atoms with Gasteiger partial charge in [-0.05, 0) is 43.2 Å². The number of carbonyl (C=O) groups is 1. The van der Waals surface area contributed by atoms with Gasteiger partial charge in [-0.25, -0.2) is 4.98 Å². The van der Waals surface area contributed by atoms with Gasteiger partial charge in [0.1, 0.15) is 5.01 Å². The van der Waals surface area contributed by atoms with Crippen molar-refractivity contribution >= 4 is 22.9 Å². The molecule has 0 bridgehead atoms. The number of nitrogens with zero attached hydrogens (tertiary/aromatic N) is 3. The van der Waals surface area contributed by atoms with Crippen molar-refractivity contribution in [2.24, 2.45) is 0 Å². The Labute approximate surface area is 145 Å². The number of rotatable bonds is 4. The monoisotopic (exact) mass is 337 g/mol. The summed E-state index contributed by atoms with van der Waals surface area (Å²) in [7, 11) is 1.82. The maximum absolute atomic E-state index is 12.6. The van der Waals surface area contributed by atoms with Gasteiger partial charge in [0.15, 0.2) is 0 Å². The molecule has 0 fully saturated rings. The molecule has 1 amide bonds. The zero-order valence-corrected chi connectivity index (χ0v) is 14.8. The number of hydrogen-bond donors (Lipinski definition) is 0. The minimum atomic E-state index is 0.0292. The van der Waals surface area contributed by atoms with Crippen LogP contribution in [-0.4, -0.2) is 22.9 Å². The van der Waals surface area contributed by atoms with E-state index in [0.29, 0.717) is 0 Å². The average molecular weight is 337 g/mol. The van der Waals surface area contributed by atoms with Crippen molar-refractivity contribution in [3.63, 3.8) is 0 Å². The lowest BCUT2D eigenvalue weighted by atomic mass is 10.1. The van der Waals surface area contributed by atoms with Crippen molar-refractivity contribution in [3.8, 4) is 10.7 Å². The number of carbonyl (C=O) groups excluding carboxylic acids is 1. The molecule has 3 aromatic rings. The predicted molar refractivity (Wildman–Crippen MR) is 98.4 cm³/mol. The second-order valence-electron chi connectivity index (χ2n) is 5.71. The molecule has 0 saturated carbocycles. The number of pyridine rings is 1. The van der Waals surface area contributed by atoms with Crippen LogP contribution < -0.4 is 4.90 Å². The van der Waals surface area contributed by atoms with Gasteiger partial charge in [0.2, 0.25) is 5.91 Å². The SMILES string of the molecule is Cc1cccc(N(C)C(=O)Cc2csc(-c3ccccn3)n2)c1C. The van der Waals surface area contributed by atoms with E-state index in [1.165, 1.54) is 16.9 Å². The number of aromatic nitrogens is 2. The first-order valence-electron chi connectivity index (χ1n) is 7.75. The van der Waals surface area contributed by atoms with Gasteiger partial charge in [-0.2, -0.15) is 0 Å². The molecule has 0 atom stereocenters. The Bertz CT molecular complexity index is 858. The Kier molecular flexibility index (Phi) is 4.71. The van der Waals surface area contributed by atoms with Crippen molar-refractivity contribution in [2.45, 2.75) is 20.3 Å². The number of amides is 1. The molecule has 2 heterocycles. The molecule has 0 spiro atoms. The summed E-state index contributed by atoms with van der Waals surface area (Å²) in [6.07, 6.45) is 2.03. The first-order chi connectivity index (χ1) is 11.6. The van der Waals surface area contributed by atoms with Gasteiger partial charge < -0.3 is 4.90 Å². The quantitative estimate of drug-likeness (QED) is 0.722. The molecule has 0 aliphatic rings. The molecule has 3 rings (SSSR count). The molecule has 1 aromatic carbocycles. The Morgan fingerprint density at radius 1 is 1.17 bits per heavy atom. The summed E-state index contributed by atoms with van der Waals surface area (Å²) in [5.41, 5.74) is 4.87. The molecule has 0 aliphatic carbocycles. The standard InChI is InChI=1S/C19H19N3OS/c1-13-7-6-9-17(14(13)2)22(3)18(23)11-15-12-24-19(21-15)16-8-4-5-10-20-16/h4-10,12H,11H2,1-3H3. The summed E-state index contributed by atoms with van der Waals surface area (Å²) in [5, 5.41) is 2.77. The zero-order chi connectivity index (χ0) is 17.1. The molecule has 4 nitrogen and oxygen atoms in total. The molecular formula is C19H19N3OS. The van der Waals surface area contributed by atoms with E-state index in [1.807, 2.05) is 49.7 Å². The molecule has 0 N–H and O–H groups in total. The highest BCUT2D eigenvalue weighted by atomic mass is 32.1. The molecule has 0 radical (unpaired) electrons. The van der Waals surface area contributed by atoms with Gasteiger partial charge >= 0.3 is 0 Å². The van der Waals surface area contributed by atoms with E-state index < -0.39 is 0 Å². The normalized spacial score (nSPS) is 10.6. The van der Waals surface area contributed by atoms with Gasteiger partial charge in [-0.15, -0.1) is 11.3 Å². The average Bonchev–Trinajstić information content (AvgIpc) is 3.06. The maximum atomic E-state index is 12.6. The molecule has 24 heavy (non-hydrogen) atoms. The molecular weight excluding hydrogens is 318 g/mol. The minimum Gasteiger partial charge on any atom is -0.315 e. The van der Waals surface area contributed by atoms with Crippen LogP contribution in [0, 0.1) is 13.8 Å². The van der Waals surface area contributed by atoms with Crippen LogP contribution in [-0.2, 0) is 11.2 Å². The maximum Gasteiger partial charge on any atom is 0.232 e. The highest BCUT2D eigenvalue weighted by molar-refractivity contribution is 7.13. The second-order valence-corrected chi connectivity index (χ2v) is 6.57. The highest BCUT2D eigenvalue weighted by Crippen LogP contribution is 2.24. The van der Waals surface area contributed by atoms with E-state index in [1.54, 1.807) is 11.1 Å². The zero-order valence-electron chi connectivity index (χ0n) is 14.0. The van der Waals surface area contributed by atoms with Gasteiger partial charge in [-0.3, -0.25) is 9.78 Å². The number of aryl methyl sites for hydroxylation is 1. The fourth-order valence-corrected chi connectivity index (χ4v) is 3.30. The third-order valence-electron chi connectivity index (χ3n) is 4.08. The smallest absolute Gasteiger partial charge is 0.232 e. The number of thiazole rings is 1. The Balaban J connectivity index is 1.75. The van der Waals surface area contributed by atoms with Crippen LogP contribution in [0.3, 0.4) is 0 Å². The molecule has 0 saturated heterocycles. The first-order valence-corrected chi connectivity index (χ1v) is 8.63. The van der Waals surface area contributed by atoms with Crippen LogP contribution in [0.25, 0.3) is 10.7 Å². The Hall–Kier alpha value is -2.53. The van der Waals surface area contributed by atoms with Gasteiger partial charge in [0.25, 0.3) is 0 Å². The van der Waals surface area contributed by atoms with Crippen molar-refractivity contribution < 1.29 is 4.79 Å². The molecule has 2 aromatic heterocycles. The molecule has 0 aliphatic heterocycles. The van der Waals surface area contributed by atoms with Crippen LogP contribution in [0.15, 0.2) is 48.0 Å². The van der Waals surface area contributed by atoms with E-state index >= 15 is 0 Å². The second kappa shape index (κ2) is 6.93. The molecule has 5 heteroatoms. The third kappa shape index (κ3) is 3.36. The predicted octanol–water partition coefficient (Wildman–Crippen LogP) is 4.03.